The van der Waals surface area contributed by atoms with E-state index in [0.29, 0.717) is 5.92 Å². The summed E-state index contributed by atoms with van der Waals surface area (Å²) in [5, 5.41) is 8.86. The second-order valence-corrected chi connectivity index (χ2v) is 2.67. The molecular formula is C9H15NOW5. The summed E-state index contributed by atoms with van der Waals surface area (Å²) in [6.45, 7) is 4.24. The van der Waals surface area contributed by atoms with Crippen molar-refractivity contribution in [3.63, 3.8) is 0 Å². The first-order valence-electron chi connectivity index (χ1n) is 3.40. The van der Waals surface area contributed by atoms with Gasteiger partial charge in [0, 0.05) is 122 Å². The summed E-state index contributed by atoms with van der Waals surface area (Å²) in [4.78, 5) is 0. The average Bonchev–Trinajstić information content (AvgIpc) is 1.88. The van der Waals surface area contributed by atoms with Crippen LogP contribution in [0.4, 0.5) is 0 Å². The van der Waals surface area contributed by atoms with Crippen LogP contribution in [0.15, 0.2) is 24.5 Å². The Kier molecular flexibility index (Phi) is 44.7. The van der Waals surface area contributed by atoms with Crippen molar-refractivity contribution >= 4 is 0 Å². The Morgan fingerprint density at radius 1 is 0.938 bits per heavy atom. The van der Waals surface area contributed by atoms with Crippen LogP contribution in [-0.2, 0) is 105 Å². The van der Waals surface area contributed by atoms with Crippen LogP contribution in [-0.4, -0.2) is 5.21 Å². The molecule has 0 aromatic carbocycles. The molecule has 1 N–H and O–H groups in total. The Hall–Kier alpha value is 2.39. The van der Waals surface area contributed by atoms with Crippen LogP contribution in [0.3, 0.4) is 0 Å². The Morgan fingerprint density at radius 2 is 1.25 bits per heavy atom. The fraction of sp³-hybridized carbons (Fsp3) is 0.333. The largest absolute Gasteiger partial charge is 0.358 e. The monoisotopic (exact) mass is 1070 g/mol. The summed E-state index contributed by atoms with van der Waals surface area (Å²) in [7, 11) is 0. The molecule has 0 spiro atoms. The maximum absolute atomic E-state index is 8.86. The molecule has 1 rings (SSSR count). The molecule has 0 bridgehead atoms. The van der Waals surface area contributed by atoms with E-state index in [1.165, 1.54) is 5.56 Å². The van der Waals surface area contributed by atoms with Crippen LogP contribution in [0.2, 0.25) is 0 Å². The molecule has 0 fully saturated rings. The topological polar surface area (TPSA) is 24.1 Å². The van der Waals surface area contributed by atoms with Gasteiger partial charge in [0.15, 0.2) is 0 Å². The van der Waals surface area contributed by atoms with Crippen LogP contribution in [0.1, 0.15) is 25.3 Å². The first-order chi connectivity index (χ1) is 4.70. The summed E-state index contributed by atoms with van der Waals surface area (Å²) in [6.07, 6.45) is 3.27. The van der Waals surface area contributed by atoms with Gasteiger partial charge >= 0.3 is 0 Å². The van der Waals surface area contributed by atoms with Gasteiger partial charge in [-0.2, -0.15) is 0 Å². The second kappa shape index (κ2) is 19.7. The van der Waals surface area contributed by atoms with Gasteiger partial charge in [0.25, 0.3) is 0 Å². The smallest absolute Gasteiger partial charge is 0.222 e. The Balaban J connectivity index is -0.0000000417. The number of pyridine rings is 1. The molecule has 0 aliphatic rings. The molecule has 16 heavy (non-hydrogen) atoms. The Labute approximate surface area is 170 Å². The molecule has 92 valence electrons. The van der Waals surface area contributed by atoms with E-state index in [4.69, 9.17) is 5.21 Å². The van der Waals surface area contributed by atoms with Crippen LogP contribution in [0, 0.1) is 7.43 Å². The molecule has 0 saturated heterocycles. The average molecular weight is 1070 g/mol. The van der Waals surface area contributed by atoms with E-state index in [0.717, 1.165) is 4.73 Å². The third-order valence-electron chi connectivity index (χ3n) is 1.51. The van der Waals surface area contributed by atoms with Crippen molar-refractivity contribution in [2.24, 2.45) is 0 Å². The van der Waals surface area contributed by atoms with Gasteiger partial charge in [-0.25, -0.2) is 0 Å². The maximum Gasteiger partial charge on any atom is 0.222 e. The van der Waals surface area contributed by atoms with E-state index in [9.17, 15) is 0 Å². The van der Waals surface area contributed by atoms with Crippen molar-refractivity contribution in [2.45, 2.75) is 19.8 Å². The predicted octanol–water partition coefficient (Wildman–Crippen LogP) is 1.77. The van der Waals surface area contributed by atoms with Crippen LogP contribution >= 0.6 is 0 Å². The van der Waals surface area contributed by atoms with Crippen LogP contribution in [0.5, 0.6) is 0 Å². The summed E-state index contributed by atoms with van der Waals surface area (Å²) < 4.78 is 1.05. The van der Waals surface area contributed by atoms with E-state index in [-0.39, 0.29) is 113 Å². The maximum atomic E-state index is 8.86. The van der Waals surface area contributed by atoms with E-state index < -0.39 is 0 Å². The molecule has 0 aliphatic heterocycles. The fourth-order valence-electron chi connectivity index (χ4n) is 0.815. The Bertz CT molecular complexity index is 218. The molecule has 1 aromatic rings. The minimum Gasteiger partial charge on any atom is -0.358 e. The molecule has 2 nitrogen and oxygen atoms in total. The third-order valence-corrected chi connectivity index (χ3v) is 1.51. The molecule has 0 saturated carbocycles. The van der Waals surface area contributed by atoms with Crippen molar-refractivity contribution in [3.8, 4) is 0 Å². The summed E-state index contributed by atoms with van der Waals surface area (Å²) in [5.41, 5.74) is 1.24. The van der Waals surface area contributed by atoms with Crippen molar-refractivity contribution in [2.75, 3.05) is 0 Å². The summed E-state index contributed by atoms with van der Waals surface area (Å²) >= 11 is 0. The van der Waals surface area contributed by atoms with Crippen LogP contribution in [0.25, 0.3) is 0 Å². The first kappa shape index (κ1) is 36.2. The standard InChI is InChI=1S/C8H12NO.CH3.5W/c1-7(2)8-3-5-9(10)6-4-8;;;;;;/h3-7,10H,1-2H3;1H3;;;;;/q+1;-1;;;;;. The normalized spacial score (nSPS) is 6.44. The molecule has 0 unspecified atom stereocenters. The number of aromatic nitrogens is 1. The molecule has 0 aliphatic carbocycles. The third kappa shape index (κ3) is 14.5. The van der Waals surface area contributed by atoms with Crippen molar-refractivity contribution < 1.29 is 115 Å². The Morgan fingerprint density at radius 3 is 1.50 bits per heavy atom. The minimum absolute atomic E-state index is 0. The van der Waals surface area contributed by atoms with Gasteiger partial charge < -0.3 is 7.43 Å². The number of nitrogens with zero attached hydrogens (tertiary/aromatic N) is 1. The SMILES string of the molecule is CC(C)c1cc[n+](O)cc1.[CH3-].[W].[W].[W].[W].[W]. The van der Waals surface area contributed by atoms with Crippen LogP contribution < -0.4 is 4.73 Å². The van der Waals surface area contributed by atoms with Gasteiger partial charge in [0.05, 0.1) is 0 Å². The van der Waals surface area contributed by atoms with Gasteiger partial charge in [0.2, 0.25) is 12.4 Å². The van der Waals surface area contributed by atoms with E-state index in [2.05, 4.69) is 13.8 Å². The second-order valence-electron chi connectivity index (χ2n) is 2.67. The van der Waals surface area contributed by atoms with Gasteiger partial charge in [0.1, 0.15) is 0 Å². The molecule has 0 atom stereocenters. The van der Waals surface area contributed by atoms with E-state index in [1.54, 1.807) is 12.4 Å². The molecule has 1 aromatic heterocycles. The zero-order valence-electron chi connectivity index (χ0n) is 9.32. The number of hydrogen-bond acceptors (Lipinski definition) is 1. The minimum atomic E-state index is 0. The van der Waals surface area contributed by atoms with Crippen molar-refractivity contribution in [1.29, 1.82) is 0 Å². The predicted molar refractivity (Wildman–Crippen MR) is 44.3 cm³/mol. The molecule has 1 heterocycles. The zero-order chi connectivity index (χ0) is 7.56. The van der Waals surface area contributed by atoms with Gasteiger partial charge in [-0.15, -0.1) is 0 Å². The zero-order valence-corrected chi connectivity index (χ0v) is 24.0. The van der Waals surface area contributed by atoms with Gasteiger partial charge in [-0.3, -0.25) is 5.21 Å². The molecule has 0 radical (unpaired) electrons. The van der Waals surface area contributed by atoms with E-state index in [1.807, 2.05) is 12.1 Å². The molecular weight excluding hydrogens is 1060 g/mol. The van der Waals surface area contributed by atoms with Crippen molar-refractivity contribution in [1.82, 2.24) is 0 Å². The first-order valence-corrected chi connectivity index (χ1v) is 3.40. The fourth-order valence-corrected chi connectivity index (χ4v) is 0.815. The number of rotatable bonds is 1. The summed E-state index contributed by atoms with van der Waals surface area (Å²) in [5.74, 6) is 0.529. The molecule has 0 amide bonds. The number of hydrogen-bond donors (Lipinski definition) is 1. The van der Waals surface area contributed by atoms with E-state index >= 15 is 0 Å². The van der Waals surface area contributed by atoms with Crippen molar-refractivity contribution in [3.05, 3.63) is 37.5 Å². The molecule has 7 heteroatoms. The van der Waals surface area contributed by atoms with Gasteiger partial charge in [-0.1, -0.05) is 13.8 Å². The summed E-state index contributed by atoms with van der Waals surface area (Å²) in [6, 6.07) is 3.81. The van der Waals surface area contributed by atoms with Gasteiger partial charge in [-0.05, 0) is 11.5 Å². The quantitative estimate of drug-likeness (QED) is 0.260.